The van der Waals surface area contributed by atoms with Crippen molar-refractivity contribution in [1.29, 1.82) is 0 Å². The Bertz CT molecular complexity index is 969. The molecule has 158 valence electrons. The first-order valence-electron chi connectivity index (χ1n) is 11.1. The highest BCUT2D eigenvalue weighted by atomic mass is 16.5. The number of aromatic hydroxyl groups is 1. The van der Waals surface area contributed by atoms with Gasteiger partial charge < -0.3 is 14.2 Å². The molecule has 0 saturated carbocycles. The van der Waals surface area contributed by atoms with Crippen molar-refractivity contribution in [3.05, 3.63) is 52.6 Å². The Labute approximate surface area is 178 Å². The molecule has 0 saturated heterocycles. The van der Waals surface area contributed by atoms with Crippen LogP contribution in [0.5, 0.6) is 17.2 Å². The Hall–Kier alpha value is -2.50. The fraction of sp³-hybridized carbons (Fsp3) is 0.440. The van der Waals surface area contributed by atoms with Gasteiger partial charge in [-0.3, -0.25) is 9.80 Å². The molecule has 0 unspecified atom stereocenters. The normalized spacial score (nSPS) is 18.3. The van der Waals surface area contributed by atoms with Crippen LogP contribution in [0, 0.1) is 0 Å². The SMILES string of the molecule is CCCN1COc2ccc(C3=Cc4ccc5c(c4[OH+]C3)CN(CCC)CO5)cc2C1. The van der Waals surface area contributed by atoms with Crippen LogP contribution in [0.3, 0.4) is 0 Å². The van der Waals surface area contributed by atoms with Crippen molar-refractivity contribution in [2.45, 2.75) is 39.8 Å². The van der Waals surface area contributed by atoms with Gasteiger partial charge in [0.15, 0.2) is 6.61 Å². The Morgan fingerprint density at radius 2 is 1.63 bits per heavy atom. The van der Waals surface area contributed by atoms with E-state index in [9.17, 15) is 0 Å². The van der Waals surface area contributed by atoms with Gasteiger partial charge in [-0.2, -0.15) is 0 Å². The molecular weight excluding hydrogens is 376 g/mol. The Morgan fingerprint density at radius 1 is 0.900 bits per heavy atom. The monoisotopic (exact) mass is 407 g/mol. The molecule has 0 aromatic heterocycles. The number of ether oxygens (including phenoxy) is 3. The molecule has 0 spiro atoms. The van der Waals surface area contributed by atoms with Gasteiger partial charge in [-0.15, -0.1) is 0 Å². The second-order valence-corrected chi connectivity index (χ2v) is 8.44. The van der Waals surface area contributed by atoms with Crippen LogP contribution >= 0.6 is 0 Å². The van der Waals surface area contributed by atoms with E-state index in [0.717, 1.165) is 56.3 Å². The molecule has 3 aliphatic heterocycles. The second kappa shape index (κ2) is 8.32. The predicted octanol–water partition coefficient (Wildman–Crippen LogP) is 4.61. The van der Waals surface area contributed by atoms with Gasteiger partial charge in [0.05, 0.1) is 5.56 Å². The van der Waals surface area contributed by atoms with Gasteiger partial charge in [0.2, 0.25) is 0 Å². The summed E-state index contributed by atoms with van der Waals surface area (Å²) in [4.78, 5) is 4.71. The highest BCUT2D eigenvalue weighted by molar-refractivity contribution is 5.86. The van der Waals surface area contributed by atoms with Crippen LogP contribution < -0.4 is 9.47 Å². The summed E-state index contributed by atoms with van der Waals surface area (Å²) < 4.78 is 16.9. The van der Waals surface area contributed by atoms with Gasteiger partial charge in [0.1, 0.15) is 30.5 Å². The number of benzene rings is 2. The molecule has 0 radical (unpaired) electrons. The van der Waals surface area contributed by atoms with Gasteiger partial charge in [0.25, 0.3) is 5.75 Å². The van der Waals surface area contributed by atoms with Crippen LogP contribution in [0.1, 0.15) is 48.9 Å². The molecule has 5 nitrogen and oxygen atoms in total. The third kappa shape index (κ3) is 3.68. The molecule has 3 heterocycles. The molecule has 2 aromatic rings. The van der Waals surface area contributed by atoms with Gasteiger partial charge >= 0.3 is 0 Å². The predicted molar refractivity (Wildman–Crippen MR) is 120 cm³/mol. The lowest BCUT2D eigenvalue weighted by molar-refractivity contribution is 0.0696. The fourth-order valence-corrected chi connectivity index (χ4v) is 4.64. The molecule has 0 amide bonds. The Morgan fingerprint density at radius 3 is 2.43 bits per heavy atom. The van der Waals surface area contributed by atoms with Crippen molar-refractivity contribution in [2.75, 3.05) is 33.2 Å². The number of rotatable bonds is 5. The lowest BCUT2D eigenvalue weighted by Gasteiger charge is -2.30. The molecule has 5 rings (SSSR count). The third-order valence-electron chi connectivity index (χ3n) is 6.10. The first kappa shape index (κ1) is 19.5. The zero-order valence-electron chi connectivity index (χ0n) is 18.0. The van der Waals surface area contributed by atoms with Crippen molar-refractivity contribution in [1.82, 2.24) is 9.80 Å². The molecule has 0 bridgehead atoms. The molecule has 3 aliphatic rings. The highest BCUT2D eigenvalue weighted by Crippen LogP contribution is 2.41. The van der Waals surface area contributed by atoms with Gasteiger partial charge in [0, 0.05) is 37.3 Å². The minimum absolute atomic E-state index is 0.674. The maximum absolute atomic E-state index is 5.98. The number of hydrogen-bond acceptors (Lipinski definition) is 4. The van der Waals surface area contributed by atoms with Crippen molar-refractivity contribution < 1.29 is 14.2 Å². The summed E-state index contributed by atoms with van der Waals surface area (Å²) in [6.07, 6.45) is 4.58. The molecule has 2 aromatic carbocycles. The molecule has 5 heteroatoms. The van der Waals surface area contributed by atoms with E-state index >= 15 is 0 Å². The quantitative estimate of drug-likeness (QED) is 0.679. The highest BCUT2D eigenvalue weighted by Gasteiger charge is 2.29. The van der Waals surface area contributed by atoms with E-state index in [-0.39, 0.29) is 0 Å². The van der Waals surface area contributed by atoms with Crippen molar-refractivity contribution >= 4 is 11.6 Å². The van der Waals surface area contributed by atoms with Crippen LogP contribution in [0.15, 0.2) is 30.3 Å². The molecule has 1 N–H and O–H groups in total. The van der Waals surface area contributed by atoms with Gasteiger partial charge in [-0.05, 0) is 48.7 Å². The average molecular weight is 408 g/mol. The van der Waals surface area contributed by atoms with Crippen LogP contribution in [0.4, 0.5) is 0 Å². The minimum atomic E-state index is 0.674. The summed E-state index contributed by atoms with van der Waals surface area (Å²) in [5.41, 5.74) is 6.20. The Kier molecular flexibility index (Phi) is 5.40. The van der Waals surface area contributed by atoms with Gasteiger partial charge in [-0.1, -0.05) is 19.9 Å². The summed E-state index contributed by atoms with van der Waals surface area (Å²) in [6.45, 7) is 10.5. The van der Waals surface area contributed by atoms with Crippen LogP contribution in [-0.2, 0) is 13.1 Å². The maximum Gasteiger partial charge on any atom is 0.270 e. The summed E-state index contributed by atoms with van der Waals surface area (Å²) in [7, 11) is 0. The van der Waals surface area contributed by atoms with Crippen LogP contribution in [0.25, 0.3) is 11.6 Å². The van der Waals surface area contributed by atoms with E-state index in [4.69, 9.17) is 14.2 Å². The lowest BCUT2D eigenvalue weighted by Crippen LogP contribution is -2.33. The zero-order valence-corrected chi connectivity index (χ0v) is 18.0. The number of fused-ring (bicyclic) bond motifs is 4. The van der Waals surface area contributed by atoms with E-state index < -0.39 is 0 Å². The van der Waals surface area contributed by atoms with E-state index in [1.807, 2.05) is 0 Å². The third-order valence-corrected chi connectivity index (χ3v) is 6.10. The standard InChI is InChI=1S/C25H30N2O3/c1-3-9-26-13-20-11-18(5-7-23(20)29-16-26)21-12-19-6-8-24-22(25(19)28-15-21)14-27(10-4-2)17-30-24/h5-8,11-12H,3-4,9-10,13-17H2,1-2H3/p+1. The molecule has 0 atom stereocenters. The number of aliphatic hydroxyl groups is 1. The van der Waals surface area contributed by atoms with Crippen LogP contribution in [0.2, 0.25) is 0 Å². The maximum atomic E-state index is 5.98. The van der Waals surface area contributed by atoms with E-state index in [2.05, 4.69) is 60.1 Å². The van der Waals surface area contributed by atoms with Crippen molar-refractivity contribution in [3.63, 3.8) is 0 Å². The second-order valence-electron chi connectivity index (χ2n) is 8.44. The number of nitrogens with zero attached hydrogens (tertiary/aromatic N) is 2. The average Bonchev–Trinajstić information content (AvgIpc) is 2.78. The summed E-state index contributed by atoms with van der Waals surface area (Å²) in [6, 6.07) is 10.8. The smallest absolute Gasteiger partial charge is 0.270 e. The van der Waals surface area contributed by atoms with Gasteiger partial charge in [-0.25, -0.2) is 0 Å². The van der Waals surface area contributed by atoms with Crippen molar-refractivity contribution in [3.8, 4) is 17.2 Å². The summed E-state index contributed by atoms with van der Waals surface area (Å²) in [5, 5.41) is 0. The number of hydrogen-bond donors (Lipinski definition) is 0. The topological polar surface area (TPSA) is 37.7 Å². The van der Waals surface area contributed by atoms with Crippen LogP contribution in [-0.4, -0.2) is 47.7 Å². The van der Waals surface area contributed by atoms with Crippen molar-refractivity contribution in [2.24, 2.45) is 0 Å². The molecular formula is C25H31N2O3+. The Balaban J connectivity index is 1.42. The fourth-order valence-electron chi connectivity index (χ4n) is 4.64. The lowest BCUT2D eigenvalue weighted by atomic mass is 9.96. The van der Waals surface area contributed by atoms with E-state index in [1.54, 1.807) is 0 Å². The zero-order chi connectivity index (χ0) is 20.5. The van der Waals surface area contributed by atoms with E-state index in [0.29, 0.717) is 20.1 Å². The summed E-state index contributed by atoms with van der Waals surface area (Å²) >= 11 is 0. The minimum Gasteiger partial charge on any atom is -0.579 e. The molecule has 0 fully saturated rings. The largest absolute Gasteiger partial charge is 0.579 e. The first-order chi connectivity index (χ1) is 14.7. The molecule has 0 aliphatic carbocycles. The van der Waals surface area contributed by atoms with E-state index in [1.165, 1.54) is 27.8 Å². The first-order valence-corrected chi connectivity index (χ1v) is 11.1. The summed E-state index contributed by atoms with van der Waals surface area (Å²) in [5.74, 6) is 3.11. The molecule has 30 heavy (non-hydrogen) atoms.